The number of aromatic nitrogens is 6. The number of benzene rings is 2. The van der Waals surface area contributed by atoms with E-state index in [1.54, 1.807) is 13.2 Å². The Bertz CT molecular complexity index is 1230. The molecule has 146 valence electrons. The van der Waals surface area contributed by atoms with Crippen LogP contribution in [0.4, 0.5) is 0 Å². The first-order valence-electron chi connectivity index (χ1n) is 9.13. The van der Waals surface area contributed by atoms with E-state index in [0.29, 0.717) is 18.1 Å². The molecule has 0 spiro atoms. The van der Waals surface area contributed by atoms with Gasteiger partial charge < -0.3 is 4.74 Å². The molecule has 2 aromatic carbocycles. The molecule has 8 nitrogen and oxygen atoms in total. The van der Waals surface area contributed by atoms with Crippen molar-refractivity contribution in [1.29, 1.82) is 0 Å². The normalized spacial score (nSPS) is 10.9. The van der Waals surface area contributed by atoms with Gasteiger partial charge in [-0.25, -0.2) is 14.8 Å². The number of para-hydroxylation sites is 1. The predicted molar refractivity (Wildman–Crippen MR) is 108 cm³/mol. The molecule has 0 amide bonds. The fraction of sp³-hybridized carbons (Fsp3) is 0.190. The van der Waals surface area contributed by atoms with Gasteiger partial charge in [-0.05, 0) is 60.2 Å². The highest BCUT2D eigenvalue weighted by molar-refractivity contribution is 5.58. The van der Waals surface area contributed by atoms with E-state index in [0.717, 1.165) is 28.1 Å². The Morgan fingerprint density at radius 3 is 2.59 bits per heavy atom. The molecule has 0 radical (unpaired) electrons. The van der Waals surface area contributed by atoms with Crippen LogP contribution in [0.1, 0.15) is 16.8 Å². The average Bonchev–Trinajstić information content (AvgIpc) is 3.06. The fourth-order valence-corrected chi connectivity index (χ4v) is 3.00. The quantitative estimate of drug-likeness (QED) is 0.522. The zero-order valence-corrected chi connectivity index (χ0v) is 16.4. The molecule has 0 aliphatic heterocycles. The Morgan fingerprint density at radius 1 is 1.03 bits per heavy atom. The van der Waals surface area contributed by atoms with Gasteiger partial charge in [0.25, 0.3) is 0 Å². The summed E-state index contributed by atoms with van der Waals surface area (Å²) in [6.07, 6.45) is 1.75. The van der Waals surface area contributed by atoms with E-state index in [-0.39, 0.29) is 5.69 Å². The van der Waals surface area contributed by atoms with Crippen molar-refractivity contribution in [3.8, 4) is 22.8 Å². The van der Waals surface area contributed by atoms with E-state index < -0.39 is 0 Å². The number of hydrogen-bond acceptors (Lipinski definition) is 6. The van der Waals surface area contributed by atoms with Crippen LogP contribution in [-0.4, -0.2) is 29.8 Å². The minimum atomic E-state index is -0.309. The van der Waals surface area contributed by atoms with Crippen LogP contribution in [0.5, 0.6) is 5.75 Å². The van der Waals surface area contributed by atoms with Crippen molar-refractivity contribution in [3.63, 3.8) is 0 Å². The van der Waals surface area contributed by atoms with E-state index in [1.165, 1.54) is 9.36 Å². The van der Waals surface area contributed by atoms with Gasteiger partial charge in [-0.3, -0.25) is 0 Å². The SMILES string of the molecule is Cc1ccnc(-c2ccc(OCc3ccccc3-n3nnn(C)c3=O)c(C)c2)n1. The summed E-state index contributed by atoms with van der Waals surface area (Å²) in [7, 11) is 1.56. The van der Waals surface area contributed by atoms with Crippen LogP contribution in [0.2, 0.25) is 0 Å². The molecule has 8 heteroatoms. The third-order valence-electron chi connectivity index (χ3n) is 4.55. The van der Waals surface area contributed by atoms with Crippen molar-refractivity contribution >= 4 is 0 Å². The molecule has 29 heavy (non-hydrogen) atoms. The predicted octanol–water partition coefficient (Wildman–Crippen LogP) is 2.62. The highest BCUT2D eigenvalue weighted by atomic mass is 16.5. The lowest BCUT2D eigenvalue weighted by Crippen LogP contribution is -2.23. The first-order valence-corrected chi connectivity index (χ1v) is 9.13. The van der Waals surface area contributed by atoms with Crippen LogP contribution in [0.3, 0.4) is 0 Å². The highest BCUT2D eigenvalue weighted by Gasteiger charge is 2.12. The van der Waals surface area contributed by atoms with Gasteiger partial charge in [0.15, 0.2) is 5.82 Å². The van der Waals surface area contributed by atoms with E-state index in [4.69, 9.17) is 4.74 Å². The summed E-state index contributed by atoms with van der Waals surface area (Å²) < 4.78 is 8.49. The fourth-order valence-electron chi connectivity index (χ4n) is 3.00. The lowest BCUT2D eigenvalue weighted by atomic mass is 10.1. The number of aryl methyl sites for hydroxylation is 3. The van der Waals surface area contributed by atoms with Gasteiger partial charge in [-0.15, -0.1) is 0 Å². The van der Waals surface area contributed by atoms with Crippen LogP contribution < -0.4 is 10.4 Å². The Morgan fingerprint density at radius 2 is 1.86 bits per heavy atom. The summed E-state index contributed by atoms with van der Waals surface area (Å²) in [6, 6.07) is 15.2. The van der Waals surface area contributed by atoms with Crippen molar-refractivity contribution in [2.24, 2.45) is 7.05 Å². The van der Waals surface area contributed by atoms with E-state index in [1.807, 2.05) is 62.4 Å². The summed E-state index contributed by atoms with van der Waals surface area (Å²) in [6.45, 7) is 4.21. The minimum Gasteiger partial charge on any atom is -0.489 e. The van der Waals surface area contributed by atoms with Gasteiger partial charge in [-0.2, -0.15) is 9.36 Å². The van der Waals surface area contributed by atoms with Gasteiger partial charge in [0.05, 0.1) is 5.69 Å². The standard InChI is InChI=1S/C21H20N6O2/c1-14-12-16(20-22-11-10-15(2)23-20)8-9-19(14)29-13-17-6-4-5-7-18(17)27-21(28)26(3)24-25-27/h4-12H,13H2,1-3H3. The molecule has 2 heterocycles. The van der Waals surface area contributed by atoms with Gasteiger partial charge >= 0.3 is 5.69 Å². The maximum absolute atomic E-state index is 12.2. The van der Waals surface area contributed by atoms with Crippen LogP contribution in [0.25, 0.3) is 17.1 Å². The third kappa shape index (κ3) is 3.77. The molecule has 0 N–H and O–H groups in total. The Labute approximate surface area is 167 Å². The summed E-state index contributed by atoms with van der Waals surface area (Å²) >= 11 is 0. The third-order valence-corrected chi connectivity index (χ3v) is 4.55. The molecule has 0 fully saturated rings. The Kier molecular flexibility index (Phi) is 4.90. The second kappa shape index (κ2) is 7.67. The van der Waals surface area contributed by atoms with Crippen LogP contribution in [0, 0.1) is 13.8 Å². The summed E-state index contributed by atoms with van der Waals surface area (Å²) in [5.74, 6) is 1.44. The second-order valence-electron chi connectivity index (χ2n) is 6.72. The summed E-state index contributed by atoms with van der Waals surface area (Å²) in [4.78, 5) is 21.0. The largest absolute Gasteiger partial charge is 0.489 e. The van der Waals surface area contributed by atoms with Gasteiger partial charge in [-0.1, -0.05) is 18.2 Å². The van der Waals surface area contributed by atoms with Gasteiger partial charge in [0.1, 0.15) is 12.4 Å². The van der Waals surface area contributed by atoms with E-state index >= 15 is 0 Å². The zero-order valence-electron chi connectivity index (χ0n) is 16.4. The minimum absolute atomic E-state index is 0.292. The van der Waals surface area contributed by atoms with Crippen molar-refractivity contribution in [1.82, 2.24) is 29.8 Å². The molecule has 0 unspecified atom stereocenters. The first-order chi connectivity index (χ1) is 14.0. The molecule has 2 aromatic heterocycles. The lowest BCUT2D eigenvalue weighted by Gasteiger charge is -2.13. The van der Waals surface area contributed by atoms with Crippen LogP contribution in [-0.2, 0) is 13.7 Å². The molecule has 4 aromatic rings. The molecule has 0 saturated carbocycles. The number of tetrazole rings is 1. The smallest absolute Gasteiger partial charge is 0.368 e. The highest BCUT2D eigenvalue weighted by Crippen LogP contribution is 2.25. The molecule has 0 atom stereocenters. The molecule has 0 aliphatic carbocycles. The molecule has 0 aliphatic rings. The number of ether oxygens (including phenoxy) is 1. The molecular formula is C21H20N6O2. The van der Waals surface area contributed by atoms with Gasteiger partial charge in [0, 0.05) is 30.1 Å². The van der Waals surface area contributed by atoms with Gasteiger partial charge in [0.2, 0.25) is 0 Å². The Hall–Kier alpha value is -3.81. The average molecular weight is 388 g/mol. The van der Waals surface area contributed by atoms with E-state index in [9.17, 15) is 4.79 Å². The summed E-state index contributed by atoms with van der Waals surface area (Å²) in [5.41, 5.74) is 4.00. The van der Waals surface area contributed by atoms with E-state index in [2.05, 4.69) is 20.4 Å². The molecule has 4 rings (SSSR count). The molecular weight excluding hydrogens is 368 g/mol. The van der Waals surface area contributed by atoms with Crippen LogP contribution in [0.15, 0.2) is 59.5 Å². The monoisotopic (exact) mass is 388 g/mol. The number of hydrogen-bond donors (Lipinski definition) is 0. The van der Waals surface area contributed by atoms with Crippen LogP contribution >= 0.6 is 0 Å². The first kappa shape index (κ1) is 18.5. The zero-order chi connectivity index (χ0) is 20.4. The second-order valence-corrected chi connectivity index (χ2v) is 6.72. The molecule has 0 saturated heterocycles. The maximum Gasteiger partial charge on any atom is 0.368 e. The maximum atomic E-state index is 12.2. The number of rotatable bonds is 5. The van der Waals surface area contributed by atoms with Crippen molar-refractivity contribution in [2.75, 3.05) is 0 Å². The molecule has 0 bridgehead atoms. The summed E-state index contributed by atoms with van der Waals surface area (Å²) in [5, 5.41) is 7.69. The lowest BCUT2D eigenvalue weighted by molar-refractivity contribution is 0.303. The topological polar surface area (TPSA) is 87.7 Å². The van der Waals surface area contributed by atoms with Crippen molar-refractivity contribution in [2.45, 2.75) is 20.5 Å². The Balaban J connectivity index is 1.57. The van der Waals surface area contributed by atoms with Crippen molar-refractivity contribution in [3.05, 3.63) is 82.0 Å². The number of nitrogens with zero attached hydrogens (tertiary/aromatic N) is 6. The van der Waals surface area contributed by atoms with Crippen molar-refractivity contribution < 1.29 is 4.74 Å².